The molecule has 0 radical (unpaired) electrons. The van der Waals surface area contributed by atoms with E-state index in [1.165, 1.54) is 0 Å². The lowest BCUT2D eigenvalue weighted by Crippen LogP contribution is -2.31. The van der Waals surface area contributed by atoms with Gasteiger partial charge in [0.1, 0.15) is 11.5 Å². The average Bonchev–Trinajstić information content (AvgIpc) is 2.55. The third-order valence-electron chi connectivity index (χ3n) is 3.31. The molecule has 0 saturated carbocycles. The van der Waals surface area contributed by atoms with E-state index in [2.05, 4.69) is 10.6 Å². The number of carbonyl (C=O) groups is 1. The number of ether oxygens (including phenoxy) is 2. The first-order chi connectivity index (χ1) is 10.6. The Morgan fingerprint density at radius 2 is 1.41 bits per heavy atom. The third kappa shape index (κ3) is 4.15. The lowest BCUT2D eigenvalue weighted by Gasteiger charge is -2.15. The van der Waals surface area contributed by atoms with Crippen molar-refractivity contribution in [2.45, 2.75) is 13.0 Å². The van der Waals surface area contributed by atoms with Crippen LogP contribution in [-0.2, 0) is 0 Å². The van der Waals surface area contributed by atoms with Crippen LogP contribution in [0.1, 0.15) is 18.5 Å². The minimum Gasteiger partial charge on any atom is -0.497 e. The Morgan fingerprint density at radius 1 is 0.909 bits per heavy atom. The average molecular weight is 300 g/mol. The molecular formula is C17H20N2O3. The molecule has 0 bridgehead atoms. The van der Waals surface area contributed by atoms with Crippen LogP contribution in [0.15, 0.2) is 48.5 Å². The zero-order valence-electron chi connectivity index (χ0n) is 12.9. The van der Waals surface area contributed by atoms with Gasteiger partial charge in [0.15, 0.2) is 0 Å². The van der Waals surface area contributed by atoms with Gasteiger partial charge in [-0.1, -0.05) is 12.1 Å². The molecule has 22 heavy (non-hydrogen) atoms. The molecule has 0 saturated heterocycles. The van der Waals surface area contributed by atoms with Crippen LogP contribution in [0.5, 0.6) is 11.5 Å². The van der Waals surface area contributed by atoms with Crippen molar-refractivity contribution < 1.29 is 14.3 Å². The number of hydrogen-bond donors (Lipinski definition) is 2. The molecule has 2 amide bonds. The molecule has 0 spiro atoms. The summed E-state index contributed by atoms with van der Waals surface area (Å²) in [4.78, 5) is 12.0. The van der Waals surface area contributed by atoms with Crippen molar-refractivity contribution in [3.8, 4) is 11.5 Å². The molecule has 2 N–H and O–H groups in total. The largest absolute Gasteiger partial charge is 0.497 e. The molecule has 2 rings (SSSR count). The number of hydrogen-bond acceptors (Lipinski definition) is 3. The van der Waals surface area contributed by atoms with E-state index < -0.39 is 0 Å². The van der Waals surface area contributed by atoms with Crippen molar-refractivity contribution in [3.05, 3.63) is 54.1 Å². The fourth-order valence-electron chi connectivity index (χ4n) is 2.01. The SMILES string of the molecule is COc1ccc(NC(=O)NC(C)c2ccc(OC)cc2)cc1. The Morgan fingerprint density at radius 3 is 1.91 bits per heavy atom. The molecule has 0 aliphatic carbocycles. The summed E-state index contributed by atoms with van der Waals surface area (Å²) in [6.45, 7) is 1.93. The number of rotatable bonds is 5. The van der Waals surface area contributed by atoms with Crippen LogP contribution in [0.3, 0.4) is 0 Å². The topological polar surface area (TPSA) is 59.6 Å². The van der Waals surface area contributed by atoms with E-state index in [0.717, 1.165) is 17.1 Å². The van der Waals surface area contributed by atoms with Crippen LogP contribution in [0.25, 0.3) is 0 Å². The summed E-state index contributed by atoms with van der Waals surface area (Å²) >= 11 is 0. The number of anilines is 1. The highest BCUT2D eigenvalue weighted by atomic mass is 16.5. The zero-order chi connectivity index (χ0) is 15.9. The van der Waals surface area contributed by atoms with Gasteiger partial charge in [-0.25, -0.2) is 4.79 Å². The van der Waals surface area contributed by atoms with Crippen LogP contribution < -0.4 is 20.1 Å². The molecule has 0 aliphatic rings. The number of benzene rings is 2. The van der Waals surface area contributed by atoms with Gasteiger partial charge < -0.3 is 20.1 Å². The number of urea groups is 1. The Labute approximate surface area is 130 Å². The molecule has 2 aromatic rings. The van der Waals surface area contributed by atoms with Gasteiger partial charge in [-0.2, -0.15) is 0 Å². The molecule has 0 fully saturated rings. The van der Waals surface area contributed by atoms with Crippen molar-refractivity contribution >= 4 is 11.7 Å². The van der Waals surface area contributed by atoms with E-state index in [4.69, 9.17) is 9.47 Å². The molecule has 1 unspecified atom stereocenters. The smallest absolute Gasteiger partial charge is 0.319 e. The van der Waals surface area contributed by atoms with Crippen molar-refractivity contribution in [3.63, 3.8) is 0 Å². The summed E-state index contributed by atoms with van der Waals surface area (Å²) < 4.78 is 10.2. The van der Waals surface area contributed by atoms with Crippen molar-refractivity contribution in [1.29, 1.82) is 0 Å². The number of amides is 2. The number of nitrogens with one attached hydrogen (secondary N) is 2. The number of methoxy groups -OCH3 is 2. The van der Waals surface area contributed by atoms with Gasteiger partial charge in [0.05, 0.1) is 20.3 Å². The summed E-state index contributed by atoms with van der Waals surface area (Å²) in [7, 11) is 3.23. The Kier molecular flexibility index (Phi) is 5.25. The van der Waals surface area contributed by atoms with Crippen LogP contribution in [0.4, 0.5) is 10.5 Å². The molecule has 0 heterocycles. The summed E-state index contributed by atoms with van der Waals surface area (Å²) in [5.74, 6) is 1.54. The predicted octanol–water partition coefficient (Wildman–Crippen LogP) is 3.59. The maximum absolute atomic E-state index is 12.0. The second-order valence-electron chi connectivity index (χ2n) is 4.82. The van der Waals surface area contributed by atoms with E-state index in [1.54, 1.807) is 38.5 Å². The first-order valence-corrected chi connectivity index (χ1v) is 6.98. The normalized spacial score (nSPS) is 11.4. The van der Waals surface area contributed by atoms with Gasteiger partial charge in [-0.05, 0) is 48.9 Å². The minimum absolute atomic E-state index is 0.107. The highest BCUT2D eigenvalue weighted by molar-refractivity contribution is 5.89. The maximum Gasteiger partial charge on any atom is 0.319 e. The standard InChI is InChI=1S/C17H20N2O3/c1-12(13-4-8-15(21-2)9-5-13)18-17(20)19-14-6-10-16(22-3)11-7-14/h4-12H,1-3H3,(H2,18,19,20). The molecule has 2 aromatic carbocycles. The highest BCUT2D eigenvalue weighted by Crippen LogP contribution is 2.18. The van der Waals surface area contributed by atoms with Gasteiger partial charge in [0, 0.05) is 5.69 Å². The van der Waals surface area contributed by atoms with E-state index in [0.29, 0.717) is 5.69 Å². The van der Waals surface area contributed by atoms with Gasteiger partial charge in [0.2, 0.25) is 0 Å². The van der Waals surface area contributed by atoms with Crippen molar-refractivity contribution in [1.82, 2.24) is 5.32 Å². The fourth-order valence-corrected chi connectivity index (χ4v) is 2.01. The molecule has 0 aliphatic heterocycles. The fraction of sp³-hybridized carbons (Fsp3) is 0.235. The maximum atomic E-state index is 12.0. The second kappa shape index (κ2) is 7.36. The minimum atomic E-state index is -0.256. The van der Waals surface area contributed by atoms with Gasteiger partial charge >= 0.3 is 6.03 Å². The summed E-state index contributed by atoms with van der Waals surface area (Å²) in [5.41, 5.74) is 1.71. The first kappa shape index (κ1) is 15.7. The third-order valence-corrected chi connectivity index (χ3v) is 3.31. The molecule has 1 atom stereocenters. The summed E-state index contributed by atoms with van der Waals surface area (Å²) in [6, 6.07) is 14.4. The van der Waals surface area contributed by atoms with E-state index in [1.807, 2.05) is 31.2 Å². The summed E-state index contributed by atoms with van der Waals surface area (Å²) in [6.07, 6.45) is 0. The Hall–Kier alpha value is -2.69. The molecular weight excluding hydrogens is 280 g/mol. The van der Waals surface area contributed by atoms with Crippen molar-refractivity contribution in [2.75, 3.05) is 19.5 Å². The first-order valence-electron chi connectivity index (χ1n) is 6.98. The lowest BCUT2D eigenvalue weighted by atomic mass is 10.1. The van der Waals surface area contributed by atoms with Crippen LogP contribution >= 0.6 is 0 Å². The van der Waals surface area contributed by atoms with Gasteiger partial charge in [0.25, 0.3) is 0 Å². The van der Waals surface area contributed by atoms with Crippen LogP contribution in [0, 0.1) is 0 Å². The van der Waals surface area contributed by atoms with E-state index >= 15 is 0 Å². The number of carbonyl (C=O) groups excluding carboxylic acids is 1. The zero-order valence-corrected chi connectivity index (χ0v) is 12.9. The monoisotopic (exact) mass is 300 g/mol. The predicted molar refractivity (Wildman–Crippen MR) is 86.6 cm³/mol. The molecule has 116 valence electrons. The van der Waals surface area contributed by atoms with Crippen LogP contribution in [-0.4, -0.2) is 20.3 Å². The molecule has 5 heteroatoms. The lowest BCUT2D eigenvalue weighted by molar-refractivity contribution is 0.249. The van der Waals surface area contributed by atoms with E-state index in [9.17, 15) is 4.79 Å². The summed E-state index contributed by atoms with van der Waals surface area (Å²) in [5, 5.41) is 5.67. The Balaban J connectivity index is 1.92. The molecule has 0 aromatic heterocycles. The Bertz CT molecular complexity index is 609. The molecule has 5 nitrogen and oxygen atoms in total. The van der Waals surface area contributed by atoms with E-state index in [-0.39, 0.29) is 12.1 Å². The van der Waals surface area contributed by atoms with Crippen molar-refractivity contribution in [2.24, 2.45) is 0 Å². The van der Waals surface area contributed by atoms with Gasteiger partial charge in [-0.15, -0.1) is 0 Å². The van der Waals surface area contributed by atoms with Gasteiger partial charge in [-0.3, -0.25) is 0 Å². The quantitative estimate of drug-likeness (QED) is 0.887. The second-order valence-corrected chi connectivity index (χ2v) is 4.82. The highest BCUT2D eigenvalue weighted by Gasteiger charge is 2.09. The van der Waals surface area contributed by atoms with Crippen LogP contribution in [0.2, 0.25) is 0 Å².